The maximum Gasteiger partial charge on any atom is 0.264 e. The van der Waals surface area contributed by atoms with Gasteiger partial charge in [-0.3, -0.25) is 9.78 Å². The highest BCUT2D eigenvalue weighted by atomic mass is 32.1. The molecule has 0 spiro atoms. The molecule has 0 N–H and O–H groups in total. The zero-order valence-corrected chi connectivity index (χ0v) is 17.1. The summed E-state index contributed by atoms with van der Waals surface area (Å²) < 4.78 is 1.74. The summed E-state index contributed by atoms with van der Waals surface area (Å²) in [7, 11) is 0. The van der Waals surface area contributed by atoms with E-state index >= 15 is 0 Å². The molecule has 0 aliphatic rings. The van der Waals surface area contributed by atoms with E-state index < -0.39 is 0 Å². The zero-order chi connectivity index (χ0) is 20.5. The minimum atomic E-state index is -0.0242. The van der Waals surface area contributed by atoms with Crippen LogP contribution in [0.4, 0.5) is 0 Å². The van der Waals surface area contributed by atoms with Gasteiger partial charge >= 0.3 is 0 Å². The summed E-state index contributed by atoms with van der Waals surface area (Å²) in [6.07, 6.45) is 3.51. The van der Waals surface area contributed by atoms with Gasteiger partial charge in [-0.1, -0.05) is 23.8 Å². The van der Waals surface area contributed by atoms with Crippen molar-refractivity contribution in [1.82, 2.24) is 29.9 Å². The number of amides is 1. The number of carbonyl (C=O) groups is 1. The maximum atomic E-state index is 13.3. The summed E-state index contributed by atoms with van der Waals surface area (Å²) in [5.41, 5.74) is 4.61. The van der Waals surface area contributed by atoms with Crippen LogP contribution in [0.2, 0.25) is 0 Å². The minimum Gasteiger partial charge on any atom is -0.329 e. The quantitative estimate of drug-likeness (QED) is 0.436. The average Bonchev–Trinajstić information content (AvgIpc) is 3.46. The Hall–Kier alpha value is -3.65. The molecular formula is C22H18N6OS. The average molecular weight is 414 g/mol. The topological polar surface area (TPSA) is 76.3 Å². The van der Waals surface area contributed by atoms with E-state index in [1.807, 2.05) is 46.7 Å². The number of nitrogens with zero attached hydrogens (tertiary/aromatic N) is 6. The molecule has 0 atom stereocenters. The first-order chi connectivity index (χ1) is 14.7. The standard InChI is InChI=1S/C22H18N6OS/c1-15-6-7-19-17(10-15)11-18(21-24-25-26-28(19)21)14-27(13-16-4-2-8-23-12-16)22(29)20-5-3-9-30-20/h2-12H,13-14H2,1H3. The van der Waals surface area contributed by atoms with E-state index in [1.54, 1.807) is 16.9 Å². The lowest BCUT2D eigenvalue weighted by Crippen LogP contribution is -2.30. The lowest BCUT2D eigenvalue weighted by Gasteiger charge is -2.22. The highest BCUT2D eigenvalue weighted by Crippen LogP contribution is 2.23. The number of carbonyl (C=O) groups excluding carboxylic acids is 1. The molecule has 1 aromatic carbocycles. The maximum absolute atomic E-state index is 13.3. The normalized spacial score (nSPS) is 11.2. The van der Waals surface area contributed by atoms with E-state index in [-0.39, 0.29) is 5.91 Å². The van der Waals surface area contributed by atoms with Gasteiger partial charge in [-0.15, -0.1) is 16.4 Å². The van der Waals surface area contributed by atoms with Gasteiger partial charge in [-0.05, 0) is 58.6 Å². The molecule has 5 rings (SSSR count). The van der Waals surface area contributed by atoms with Crippen LogP contribution in [-0.2, 0) is 13.1 Å². The van der Waals surface area contributed by atoms with Crippen LogP contribution in [0.1, 0.15) is 26.4 Å². The van der Waals surface area contributed by atoms with Crippen molar-refractivity contribution in [3.05, 3.63) is 87.9 Å². The fraction of sp³-hybridized carbons (Fsp3) is 0.136. The van der Waals surface area contributed by atoms with E-state index in [0.717, 1.165) is 27.6 Å². The number of hydrogen-bond donors (Lipinski definition) is 0. The second kappa shape index (κ2) is 7.64. The molecule has 5 aromatic rings. The van der Waals surface area contributed by atoms with Gasteiger partial charge in [-0.2, -0.15) is 4.52 Å². The van der Waals surface area contributed by atoms with Crippen LogP contribution in [0, 0.1) is 6.92 Å². The van der Waals surface area contributed by atoms with E-state index in [2.05, 4.69) is 39.6 Å². The third-order valence-corrected chi connectivity index (χ3v) is 5.83. The molecule has 0 radical (unpaired) electrons. The van der Waals surface area contributed by atoms with Gasteiger partial charge in [0.25, 0.3) is 5.91 Å². The fourth-order valence-electron chi connectivity index (χ4n) is 3.57. The molecule has 30 heavy (non-hydrogen) atoms. The van der Waals surface area contributed by atoms with Crippen LogP contribution in [0.15, 0.2) is 66.3 Å². The molecule has 4 aromatic heterocycles. The number of hydrogen-bond acceptors (Lipinski definition) is 6. The number of fused-ring (bicyclic) bond motifs is 3. The molecule has 0 bridgehead atoms. The van der Waals surface area contributed by atoms with Crippen molar-refractivity contribution in [3.8, 4) is 0 Å². The molecule has 1 amide bonds. The van der Waals surface area contributed by atoms with Gasteiger partial charge in [0.2, 0.25) is 0 Å². The van der Waals surface area contributed by atoms with Crippen molar-refractivity contribution in [1.29, 1.82) is 0 Å². The number of aryl methyl sites for hydroxylation is 1. The minimum absolute atomic E-state index is 0.0242. The Kier molecular flexibility index (Phi) is 4.68. The number of rotatable bonds is 5. The smallest absolute Gasteiger partial charge is 0.264 e. The summed E-state index contributed by atoms with van der Waals surface area (Å²) in [6.45, 7) is 2.89. The van der Waals surface area contributed by atoms with Crippen LogP contribution in [-0.4, -0.2) is 35.8 Å². The fourth-order valence-corrected chi connectivity index (χ4v) is 4.26. The van der Waals surface area contributed by atoms with E-state index in [9.17, 15) is 4.79 Å². The monoisotopic (exact) mass is 414 g/mol. The van der Waals surface area contributed by atoms with Crippen LogP contribution < -0.4 is 0 Å². The zero-order valence-electron chi connectivity index (χ0n) is 16.3. The molecular weight excluding hydrogens is 396 g/mol. The Balaban J connectivity index is 1.59. The Morgan fingerprint density at radius 2 is 2.07 bits per heavy atom. The van der Waals surface area contributed by atoms with Gasteiger partial charge in [0.15, 0.2) is 5.65 Å². The van der Waals surface area contributed by atoms with Gasteiger partial charge in [0.1, 0.15) is 0 Å². The lowest BCUT2D eigenvalue weighted by atomic mass is 10.1. The van der Waals surface area contributed by atoms with Crippen molar-refractivity contribution in [2.24, 2.45) is 0 Å². The predicted molar refractivity (Wildman–Crippen MR) is 115 cm³/mol. The van der Waals surface area contributed by atoms with Gasteiger partial charge in [0, 0.05) is 29.9 Å². The van der Waals surface area contributed by atoms with Crippen molar-refractivity contribution in [2.45, 2.75) is 20.0 Å². The molecule has 0 saturated carbocycles. The molecule has 0 fully saturated rings. The molecule has 4 heterocycles. The largest absolute Gasteiger partial charge is 0.329 e. The van der Waals surface area contributed by atoms with Crippen LogP contribution in [0.3, 0.4) is 0 Å². The summed E-state index contributed by atoms with van der Waals surface area (Å²) in [5, 5.41) is 15.2. The second-order valence-electron chi connectivity index (χ2n) is 7.15. The van der Waals surface area contributed by atoms with Gasteiger partial charge in [0.05, 0.1) is 16.9 Å². The van der Waals surface area contributed by atoms with Crippen LogP contribution in [0.25, 0.3) is 16.6 Å². The summed E-state index contributed by atoms with van der Waals surface area (Å²) in [5.74, 6) is -0.0242. The summed E-state index contributed by atoms with van der Waals surface area (Å²) in [4.78, 5) is 20.0. The van der Waals surface area contributed by atoms with Crippen molar-refractivity contribution in [2.75, 3.05) is 0 Å². The lowest BCUT2D eigenvalue weighted by molar-refractivity contribution is 0.0735. The highest BCUT2D eigenvalue weighted by molar-refractivity contribution is 7.12. The van der Waals surface area contributed by atoms with Crippen molar-refractivity contribution in [3.63, 3.8) is 0 Å². The molecule has 8 heteroatoms. The SMILES string of the molecule is Cc1ccc2c(c1)cc(CN(Cc1cccnc1)C(=O)c1cccs1)c1nnnn12. The first-order valence-corrected chi connectivity index (χ1v) is 10.4. The molecule has 0 unspecified atom stereocenters. The third kappa shape index (κ3) is 3.42. The van der Waals surface area contributed by atoms with Gasteiger partial charge in [-0.25, -0.2) is 0 Å². The van der Waals surface area contributed by atoms with Crippen LogP contribution >= 0.6 is 11.3 Å². The Labute approximate surface area is 176 Å². The predicted octanol–water partition coefficient (Wildman–Crippen LogP) is 3.89. The number of aromatic nitrogens is 5. The highest BCUT2D eigenvalue weighted by Gasteiger charge is 2.20. The van der Waals surface area contributed by atoms with E-state index in [4.69, 9.17) is 0 Å². The first-order valence-electron chi connectivity index (χ1n) is 9.51. The molecule has 0 aliphatic heterocycles. The van der Waals surface area contributed by atoms with E-state index in [1.165, 1.54) is 11.3 Å². The molecule has 0 aliphatic carbocycles. The van der Waals surface area contributed by atoms with Crippen LogP contribution in [0.5, 0.6) is 0 Å². The molecule has 7 nitrogen and oxygen atoms in total. The Bertz CT molecular complexity index is 1330. The first kappa shape index (κ1) is 18.4. The van der Waals surface area contributed by atoms with E-state index in [0.29, 0.717) is 23.6 Å². The Morgan fingerprint density at radius 1 is 1.13 bits per heavy atom. The third-order valence-electron chi connectivity index (χ3n) is 4.97. The number of pyridine rings is 2. The number of benzene rings is 1. The summed E-state index contributed by atoms with van der Waals surface area (Å²) >= 11 is 1.44. The molecule has 0 saturated heterocycles. The Morgan fingerprint density at radius 3 is 2.87 bits per heavy atom. The summed E-state index contributed by atoms with van der Waals surface area (Å²) in [6, 6.07) is 15.8. The molecule has 148 valence electrons. The van der Waals surface area contributed by atoms with Crippen molar-refractivity contribution < 1.29 is 4.79 Å². The number of thiophene rings is 1. The second-order valence-corrected chi connectivity index (χ2v) is 8.09. The van der Waals surface area contributed by atoms with Gasteiger partial charge < -0.3 is 4.90 Å². The number of tetrazole rings is 1. The van der Waals surface area contributed by atoms with Crippen molar-refractivity contribution >= 4 is 33.8 Å².